The average Bonchev–Trinajstić information content (AvgIpc) is 3.20. The van der Waals surface area contributed by atoms with Crippen molar-refractivity contribution in [1.29, 1.82) is 0 Å². The Kier molecular flexibility index (Phi) is 10.3. The van der Waals surface area contributed by atoms with E-state index in [2.05, 4.69) is 177 Å². The molecule has 6 aromatic carbocycles. The summed E-state index contributed by atoms with van der Waals surface area (Å²) in [5.41, 5.74) is 20.1. The quantitative estimate of drug-likeness (QED) is 0.114. The Morgan fingerprint density at radius 3 is 2.25 bits per heavy atom. The summed E-state index contributed by atoms with van der Waals surface area (Å²) in [6, 6.07) is 47.6. The lowest BCUT2D eigenvalue weighted by Crippen LogP contribution is -2.02. The Morgan fingerprint density at radius 2 is 1.46 bits per heavy atom. The van der Waals surface area contributed by atoms with E-state index in [1.165, 1.54) is 44.2 Å². The Bertz CT molecular complexity index is 2390. The van der Waals surface area contributed by atoms with Crippen molar-refractivity contribution in [3.8, 4) is 22.3 Å². The highest BCUT2D eigenvalue weighted by molar-refractivity contribution is 6.12. The highest BCUT2D eigenvalue weighted by atomic mass is 14.8. The van der Waals surface area contributed by atoms with Crippen LogP contribution in [0.15, 0.2) is 174 Å². The molecule has 52 heavy (non-hydrogen) atoms. The van der Waals surface area contributed by atoms with Crippen LogP contribution < -0.4 is 5.73 Å². The van der Waals surface area contributed by atoms with Gasteiger partial charge in [0.25, 0.3) is 0 Å². The van der Waals surface area contributed by atoms with Gasteiger partial charge in [-0.1, -0.05) is 146 Å². The second-order valence-corrected chi connectivity index (χ2v) is 13.4. The lowest BCUT2D eigenvalue weighted by Gasteiger charge is -2.20. The van der Waals surface area contributed by atoms with Crippen molar-refractivity contribution in [3.05, 3.63) is 197 Å². The number of benzene rings is 6. The average molecular weight is 674 g/mol. The highest BCUT2D eigenvalue weighted by Gasteiger charge is 2.16. The fourth-order valence-corrected chi connectivity index (χ4v) is 6.95. The van der Waals surface area contributed by atoms with Crippen molar-refractivity contribution >= 4 is 40.5 Å². The molecule has 0 heterocycles. The molecule has 0 spiro atoms. The van der Waals surface area contributed by atoms with Crippen LogP contribution in [0.4, 0.5) is 0 Å². The summed E-state index contributed by atoms with van der Waals surface area (Å²) >= 11 is 0. The molecule has 3 heteroatoms. The van der Waals surface area contributed by atoms with Gasteiger partial charge in [0.1, 0.15) is 0 Å². The summed E-state index contributed by atoms with van der Waals surface area (Å²) in [5.74, 6) is 0.518. The fourth-order valence-electron chi connectivity index (χ4n) is 6.95. The molecule has 3 nitrogen and oxygen atoms in total. The monoisotopic (exact) mass is 673 g/mol. The van der Waals surface area contributed by atoms with Gasteiger partial charge in [0.2, 0.25) is 0 Å². The molecule has 0 amide bonds. The van der Waals surface area contributed by atoms with Crippen LogP contribution in [-0.4, -0.2) is 12.4 Å². The minimum absolute atomic E-state index is 0.518. The third-order valence-electron chi connectivity index (χ3n) is 9.92. The molecule has 0 aliphatic heterocycles. The summed E-state index contributed by atoms with van der Waals surface area (Å²) in [7, 11) is 0. The van der Waals surface area contributed by atoms with Gasteiger partial charge >= 0.3 is 0 Å². The van der Waals surface area contributed by atoms with Crippen LogP contribution in [0.5, 0.6) is 0 Å². The zero-order valence-corrected chi connectivity index (χ0v) is 29.8. The summed E-state index contributed by atoms with van der Waals surface area (Å²) in [6.45, 7) is 8.85. The lowest BCUT2D eigenvalue weighted by molar-refractivity contribution is 0.772. The number of nitrogens with zero attached hydrogens (tertiary/aromatic N) is 2. The maximum atomic E-state index is 5.55. The second-order valence-electron chi connectivity index (χ2n) is 13.4. The Morgan fingerprint density at radius 1 is 0.750 bits per heavy atom. The van der Waals surface area contributed by atoms with Gasteiger partial charge in [-0.15, -0.1) is 0 Å². The molecule has 254 valence electrons. The third-order valence-corrected chi connectivity index (χ3v) is 9.92. The number of hydrogen-bond donors (Lipinski definition) is 1. The molecule has 2 N–H and O–H groups in total. The van der Waals surface area contributed by atoms with Gasteiger partial charge in [-0.3, -0.25) is 9.98 Å². The Labute approximate surface area is 307 Å². The fraction of sp³-hybridized carbons (Fsp3) is 0.102. The van der Waals surface area contributed by atoms with Crippen molar-refractivity contribution in [2.75, 3.05) is 0 Å². The van der Waals surface area contributed by atoms with Gasteiger partial charge in [0.05, 0.1) is 18.0 Å². The van der Waals surface area contributed by atoms with Crippen molar-refractivity contribution in [1.82, 2.24) is 0 Å². The highest BCUT2D eigenvalue weighted by Crippen LogP contribution is 2.36. The van der Waals surface area contributed by atoms with Crippen molar-refractivity contribution in [2.45, 2.75) is 32.7 Å². The van der Waals surface area contributed by atoms with Crippen LogP contribution in [-0.2, 0) is 6.54 Å². The van der Waals surface area contributed by atoms with Gasteiger partial charge in [0.15, 0.2) is 0 Å². The zero-order valence-electron chi connectivity index (χ0n) is 29.8. The molecule has 0 saturated carbocycles. The molecule has 6 aromatic rings. The van der Waals surface area contributed by atoms with E-state index in [1.54, 1.807) is 6.20 Å². The normalized spacial score (nSPS) is 14.9. The van der Waals surface area contributed by atoms with Gasteiger partial charge in [-0.25, -0.2) is 0 Å². The zero-order chi connectivity index (χ0) is 35.9. The van der Waals surface area contributed by atoms with Gasteiger partial charge in [-0.05, 0) is 123 Å². The van der Waals surface area contributed by atoms with Crippen molar-refractivity contribution in [3.63, 3.8) is 0 Å². The first kappa shape index (κ1) is 34.1. The van der Waals surface area contributed by atoms with Gasteiger partial charge in [0, 0.05) is 5.56 Å². The molecule has 1 aliphatic carbocycles. The minimum Gasteiger partial charge on any atom is -0.405 e. The maximum Gasteiger partial charge on any atom is 0.0716 e. The number of hydrogen-bond acceptors (Lipinski definition) is 3. The molecule has 0 saturated heterocycles. The van der Waals surface area contributed by atoms with E-state index in [-0.39, 0.29) is 0 Å². The van der Waals surface area contributed by atoms with E-state index < -0.39 is 0 Å². The molecule has 1 aliphatic rings. The van der Waals surface area contributed by atoms with Crippen LogP contribution in [0.25, 0.3) is 50.4 Å². The summed E-state index contributed by atoms with van der Waals surface area (Å²) in [5, 5.41) is 2.47. The van der Waals surface area contributed by atoms with E-state index >= 15 is 0 Å². The van der Waals surface area contributed by atoms with Gasteiger partial charge in [-0.2, -0.15) is 0 Å². The molecule has 7 rings (SSSR count). The Hall–Kier alpha value is -6.32. The predicted octanol–water partition coefficient (Wildman–Crippen LogP) is 12.3. The van der Waals surface area contributed by atoms with Crippen molar-refractivity contribution < 1.29 is 0 Å². The van der Waals surface area contributed by atoms with Crippen LogP contribution in [0.3, 0.4) is 0 Å². The molecule has 0 fully saturated rings. The topological polar surface area (TPSA) is 50.7 Å². The SMILES string of the molecule is C=N/C(=C\C(=N/Cc1cccc(-c2ccc3ccccc3c2)c1)c1ccc(-c2cccc3c2C=CCC3C)cc1)c1ccc(/C(C)=C/C=C\N)cc1. The van der Waals surface area contributed by atoms with Crippen LogP contribution in [0, 0.1) is 0 Å². The number of aliphatic imine (C=N–C) groups is 2. The molecule has 1 unspecified atom stereocenters. The number of allylic oxidation sites excluding steroid dienone is 5. The van der Waals surface area contributed by atoms with Gasteiger partial charge < -0.3 is 5.73 Å². The second kappa shape index (κ2) is 15.7. The lowest BCUT2D eigenvalue weighted by atomic mass is 9.84. The first-order valence-electron chi connectivity index (χ1n) is 17.9. The minimum atomic E-state index is 0.518. The first-order chi connectivity index (χ1) is 25.5. The predicted molar refractivity (Wildman–Crippen MR) is 225 cm³/mol. The first-order valence-corrected chi connectivity index (χ1v) is 17.9. The molecule has 0 radical (unpaired) electrons. The molecular weight excluding hydrogens is 631 g/mol. The van der Waals surface area contributed by atoms with E-state index in [0.717, 1.165) is 45.7 Å². The smallest absolute Gasteiger partial charge is 0.0716 e. The van der Waals surface area contributed by atoms with Crippen LogP contribution in [0.1, 0.15) is 59.6 Å². The number of rotatable bonds is 10. The molecule has 1 atom stereocenters. The summed E-state index contributed by atoms with van der Waals surface area (Å²) in [6.07, 6.45) is 13.1. The largest absolute Gasteiger partial charge is 0.405 e. The van der Waals surface area contributed by atoms with Crippen LogP contribution >= 0.6 is 0 Å². The van der Waals surface area contributed by atoms with E-state index in [0.29, 0.717) is 12.5 Å². The van der Waals surface area contributed by atoms with Crippen molar-refractivity contribution in [2.24, 2.45) is 15.7 Å². The molecule has 0 bridgehead atoms. The summed E-state index contributed by atoms with van der Waals surface area (Å²) in [4.78, 5) is 9.72. The maximum absolute atomic E-state index is 5.55. The molecular formula is C49H43N3. The number of nitrogens with two attached hydrogens (primary N) is 1. The standard InChI is InChI=1S/C49H43N3/c1-34(11-9-29-50)37-19-24-40(25-20-37)48(51-3)32-49(41-26-22-39(23-27-41)46-17-8-16-45-35(2)10-6-18-47(45)46)52-33-36-12-7-15-42(30-36)44-28-21-38-13-4-5-14-43(38)31-44/h4-9,11-32,35H,3,10,33,50H2,1-2H3/b29-9-,34-11+,48-32-,52-49+. The number of fused-ring (bicyclic) bond motifs is 2. The van der Waals surface area contributed by atoms with E-state index in [4.69, 9.17) is 10.7 Å². The van der Waals surface area contributed by atoms with Crippen LogP contribution in [0.2, 0.25) is 0 Å². The van der Waals surface area contributed by atoms with E-state index in [9.17, 15) is 0 Å². The Balaban J connectivity index is 1.24. The molecule has 0 aromatic heterocycles. The summed E-state index contributed by atoms with van der Waals surface area (Å²) < 4.78 is 0. The van der Waals surface area contributed by atoms with E-state index in [1.807, 2.05) is 12.2 Å². The third kappa shape index (κ3) is 7.55.